The van der Waals surface area contributed by atoms with Gasteiger partial charge in [0, 0.05) is 25.4 Å². The number of hydrogen-bond acceptors (Lipinski definition) is 5. The van der Waals surface area contributed by atoms with E-state index in [2.05, 4.69) is 27.4 Å². The van der Waals surface area contributed by atoms with Crippen LogP contribution in [0.2, 0.25) is 0 Å². The number of esters is 1. The molecule has 0 N–H and O–H groups in total. The molecular formula is C19H38O5Si. The molecule has 0 amide bonds. The highest BCUT2D eigenvalue weighted by Gasteiger charge is 2.52. The molecule has 1 unspecified atom stereocenters. The maximum atomic E-state index is 12.1. The van der Waals surface area contributed by atoms with Crippen LogP contribution in [0.1, 0.15) is 79.6 Å². The van der Waals surface area contributed by atoms with Gasteiger partial charge in [-0.1, -0.05) is 53.5 Å². The van der Waals surface area contributed by atoms with Crippen LogP contribution in [0.5, 0.6) is 0 Å². The molecular weight excluding hydrogens is 336 g/mol. The minimum atomic E-state index is -3.13. The molecule has 0 aromatic carbocycles. The van der Waals surface area contributed by atoms with Gasteiger partial charge in [0.2, 0.25) is 0 Å². The molecule has 0 heterocycles. The molecule has 25 heavy (non-hydrogen) atoms. The number of ether oxygens (including phenoxy) is 1. The lowest BCUT2D eigenvalue weighted by Crippen LogP contribution is -2.58. The summed E-state index contributed by atoms with van der Waals surface area (Å²) in [6.45, 7) is 15.3. The van der Waals surface area contributed by atoms with Crippen LogP contribution in [-0.4, -0.2) is 40.3 Å². The molecule has 0 spiro atoms. The minimum absolute atomic E-state index is 0.372. The summed E-state index contributed by atoms with van der Waals surface area (Å²) >= 11 is 0. The monoisotopic (exact) mass is 374 g/mol. The first-order valence-corrected chi connectivity index (χ1v) is 11.6. The van der Waals surface area contributed by atoms with Crippen molar-refractivity contribution in [2.45, 2.75) is 85.3 Å². The fourth-order valence-corrected chi connectivity index (χ4v) is 4.96. The van der Waals surface area contributed by atoms with Crippen molar-refractivity contribution in [1.82, 2.24) is 0 Å². The third-order valence-electron chi connectivity index (χ3n) is 3.77. The fourth-order valence-electron chi connectivity index (χ4n) is 2.12. The molecule has 6 heteroatoms. The summed E-state index contributed by atoms with van der Waals surface area (Å²) in [5.41, 5.74) is -0.126. The molecule has 0 bridgehead atoms. The van der Waals surface area contributed by atoms with E-state index >= 15 is 0 Å². The highest BCUT2D eigenvalue weighted by Crippen LogP contribution is 2.23. The Bertz CT molecular complexity index is 346. The van der Waals surface area contributed by atoms with Crippen molar-refractivity contribution in [3.8, 4) is 0 Å². The first kappa shape index (κ1) is 24.3. The summed E-state index contributed by atoms with van der Waals surface area (Å²) in [6, 6.07) is 0. The van der Waals surface area contributed by atoms with Crippen molar-refractivity contribution < 1.29 is 22.8 Å². The number of hydrogen-bond donors (Lipinski definition) is 0. The molecule has 0 saturated carbocycles. The summed E-state index contributed by atoms with van der Waals surface area (Å²) < 4.78 is 24.2. The Balaban J connectivity index is 5.36. The maximum Gasteiger partial charge on any atom is 0.544 e. The van der Waals surface area contributed by atoms with Gasteiger partial charge in [-0.3, -0.25) is 0 Å². The Labute approximate surface area is 155 Å². The summed E-state index contributed by atoms with van der Waals surface area (Å²) in [4.78, 5) is 12.1. The summed E-state index contributed by atoms with van der Waals surface area (Å²) in [7, 11) is -3.13. The lowest BCUT2D eigenvalue weighted by atomic mass is 10.4. The lowest BCUT2D eigenvalue weighted by Gasteiger charge is -2.35. The number of rotatable bonds is 16. The molecule has 0 aliphatic rings. The van der Waals surface area contributed by atoms with E-state index in [-0.39, 0.29) is 0 Å². The van der Waals surface area contributed by atoms with Gasteiger partial charge in [0.1, 0.15) is 0 Å². The van der Waals surface area contributed by atoms with E-state index < -0.39 is 20.5 Å². The van der Waals surface area contributed by atoms with Crippen LogP contribution in [0, 0.1) is 0 Å². The van der Waals surface area contributed by atoms with E-state index in [0.29, 0.717) is 31.8 Å². The van der Waals surface area contributed by atoms with Crippen LogP contribution in [0.3, 0.4) is 0 Å². The third-order valence-corrected chi connectivity index (χ3v) is 6.90. The standard InChI is InChI=1S/C19H38O5Si/c1-7-11-14-21-25(22-15-12-8-2,23-16-13-9-3)18(10-4)24-19(20)17(5)6/h18H,5,7-16H2,1-4,6H3. The molecule has 1 atom stereocenters. The molecule has 0 rings (SSSR count). The van der Waals surface area contributed by atoms with E-state index in [1.807, 2.05) is 6.92 Å². The Hall–Kier alpha value is -0.693. The van der Waals surface area contributed by atoms with E-state index in [0.717, 1.165) is 38.5 Å². The smallest absolute Gasteiger partial charge is 0.454 e. The zero-order valence-corrected chi connectivity index (χ0v) is 17.9. The average molecular weight is 375 g/mol. The Morgan fingerprint density at radius 2 is 1.28 bits per heavy atom. The van der Waals surface area contributed by atoms with Gasteiger partial charge in [0.15, 0.2) is 5.73 Å². The van der Waals surface area contributed by atoms with Gasteiger partial charge in [-0.25, -0.2) is 4.79 Å². The lowest BCUT2D eigenvalue weighted by molar-refractivity contribution is -0.144. The second-order valence-electron chi connectivity index (χ2n) is 6.29. The molecule has 0 saturated heterocycles. The van der Waals surface area contributed by atoms with Crippen LogP contribution in [0.4, 0.5) is 0 Å². The highest BCUT2D eigenvalue weighted by molar-refractivity contribution is 6.62. The number of carbonyl (C=O) groups excluding carboxylic acids is 1. The molecule has 0 aromatic heterocycles. The van der Waals surface area contributed by atoms with Gasteiger partial charge < -0.3 is 18.0 Å². The molecule has 0 aliphatic carbocycles. The van der Waals surface area contributed by atoms with E-state index in [4.69, 9.17) is 18.0 Å². The molecule has 0 fully saturated rings. The zero-order chi connectivity index (χ0) is 19.1. The predicted molar refractivity (Wildman–Crippen MR) is 103 cm³/mol. The molecule has 5 nitrogen and oxygen atoms in total. The van der Waals surface area contributed by atoms with Crippen molar-refractivity contribution in [1.29, 1.82) is 0 Å². The molecule has 0 aromatic rings. The molecule has 0 aliphatic heterocycles. The molecule has 148 valence electrons. The van der Waals surface area contributed by atoms with E-state index in [1.165, 1.54) is 0 Å². The van der Waals surface area contributed by atoms with Gasteiger partial charge in [0.05, 0.1) is 0 Å². The quantitative estimate of drug-likeness (QED) is 0.168. The van der Waals surface area contributed by atoms with Gasteiger partial charge in [-0.2, -0.15) is 0 Å². The van der Waals surface area contributed by atoms with Crippen molar-refractivity contribution in [2.24, 2.45) is 0 Å². The van der Waals surface area contributed by atoms with Crippen LogP contribution >= 0.6 is 0 Å². The number of unbranched alkanes of at least 4 members (excludes halogenated alkanes) is 3. The van der Waals surface area contributed by atoms with Crippen molar-refractivity contribution in [3.63, 3.8) is 0 Å². The van der Waals surface area contributed by atoms with Gasteiger partial charge in [0.25, 0.3) is 0 Å². The van der Waals surface area contributed by atoms with Crippen molar-refractivity contribution >= 4 is 14.8 Å². The second-order valence-corrected chi connectivity index (χ2v) is 9.01. The van der Waals surface area contributed by atoms with Crippen LogP contribution in [0.25, 0.3) is 0 Å². The SMILES string of the molecule is C=C(C)C(=O)OC(CC)[Si](OCCCC)(OCCCC)OCCCC. The summed E-state index contributed by atoms with van der Waals surface area (Å²) in [5, 5.41) is 0. The second kappa shape index (κ2) is 14.5. The maximum absolute atomic E-state index is 12.1. The summed E-state index contributed by atoms with van der Waals surface area (Å²) in [5.74, 6) is -0.416. The normalized spacial score (nSPS) is 12.8. The first-order chi connectivity index (χ1) is 12.0. The van der Waals surface area contributed by atoms with Crippen LogP contribution in [-0.2, 0) is 22.8 Å². The van der Waals surface area contributed by atoms with Crippen LogP contribution < -0.4 is 0 Å². The van der Waals surface area contributed by atoms with Gasteiger partial charge >= 0.3 is 14.8 Å². The van der Waals surface area contributed by atoms with Gasteiger partial charge in [-0.15, -0.1) is 0 Å². The predicted octanol–water partition coefficient (Wildman–Crippen LogP) is 4.81. The topological polar surface area (TPSA) is 54.0 Å². The van der Waals surface area contributed by atoms with Crippen molar-refractivity contribution in [3.05, 3.63) is 12.2 Å². The Kier molecular flexibility index (Phi) is 14.1. The van der Waals surface area contributed by atoms with E-state index in [9.17, 15) is 4.79 Å². The largest absolute Gasteiger partial charge is 0.544 e. The minimum Gasteiger partial charge on any atom is -0.454 e. The fraction of sp³-hybridized carbons (Fsp3) is 0.842. The zero-order valence-electron chi connectivity index (χ0n) is 16.9. The third kappa shape index (κ3) is 9.54. The summed E-state index contributed by atoms with van der Waals surface area (Å²) in [6.07, 6.45) is 6.44. The first-order valence-electron chi connectivity index (χ1n) is 9.75. The Morgan fingerprint density at radius 3 is 1.56 bits per heavy atom. The van der Waals surface area contributed by atoms with Gasteiger partial charge in [-0.05, 0) is 32.6 Å². The molecule has 0 radical (unpaired) electrons. The highest BCUT2D eigenvalue weighted by atomic mass is 28.4. The van der Waals surface area contributed by atoms with Crippen LogP contribution in [0.15, 0.2) is 12.2 Å². The van der Waals surface area contributed by atoms with E-state index in [1.54, 1.807) is 6.92 Å². The Morgan fingerprint density at radius 1 is 0.880 bits per heavy atom. The number of carbonyl (C=O) groups is 1. The average Bonchev–Trinajstić information content (AvgIpc) is 2.59. The van der Waals surface area contributed by atoms with Crippen molar-refractivity contribution in [2.75, 3.05) is 19.8 Å².